The molecule has 8 nitrogen and oxygen atoms in total. The Hall–Kier alpha value is -3.68. The van der Waals surface area contributed by atoms with E-state index >= 15 is 0 Å². The largest absolute Gasteiger partial charge is 0.493 e. The molecule has 3 rings (SSSR count). The molecule has 0 saturated carbocycles. The first-order valence-electron chi connectivity index (χ1n) is 10.1. The molecule has 2 aromatic rings. The van der Waals surface area contributed by atoms with Crippen molar-refractivity contribution in [2.45, 2.75) is 19.5 Å². The second-order valence-corrected chi connectivity index (χ2v) is 7.21. The zero-order chi connectivity index (χ0) is 23.3. The number of carbonyl (C=O) groups is 1. The van der Waals surface area contributed by atoms with Crippen LogP contribution in [-0.4, -0.2) is 52.3 Å². The van der Waals surface area contributed by atoms with E-state index in [1.165, 1.54) is 7.11 Å². The molecular weight excluding hydrogens is 410 g/mol. The lowest BCUT2D eigenvalue weighted by molar-refractivity contribution is -0.136. The summed E-state index contributed by atoms with van der Waals surface area (Å²) in [4.78, 5) is 19.2. The van der Waals surface area contributed by atoms with Crippen molar-refractivity contribution in [3.05, 3.63) is 64.9 Å². The van der Waals surface area contributed by atoms with E-state index in [4.69, 9.17) is 23.9 Å². The topological polar surface area (TPSA) is 81.6 Å². The fraction of sp³-hybridized carbons (Fsp3) is 0.333. The quantitative estimate of drug-likeness (QED) is 0.663. The van der Waals surface area contributed by atoms with Crippen molar-refractivity contribution in [3.63, 3.8) is 0 Å². The van der Waals surface area contributed by atoms with Crippen LogP contribution in [0.5, 0.6) is 17.2 Å². The Morgan fingerprint density at radius 1 is 1.03 bits per heavy atom. The Morgan fingerprint density at radius 2 is 1.66 bits per heavy atom. The van der Waals surface area contributed by atoms with E-state index in [1.54, 1.807) is 21.3 Å². The maximum Gasteiger partial charge on any atom is 0.337 e. The number of esters is 1. The Bertz CT molecular complexity index is 1010. The van der Waals surface area contributed by atoms with Gasteiger partial charge in [0, 0.05) is 12.7 Å². The fourth-order valence-corrected chi connectivity index (χ4v) is 3.66. The zero-order valence-corrected chi connectivity index (χ0v) is 19.3. The highest BCUT2D eigenvalue weighted by Crippen LogP contribution is 2.38. The van der Waals surface area contributed by atoms with Gasteiger partial charge in [0.1, 0.15) is 0 Å². The third-order valence-corrected chi connectivity index (χ3v) is 5.45. The first-order chi connectivity index (χ1) is 15.4. The molecule has 32 heavy (non-hydrogen) atoms. The van der Waals surface area contributed by atoms with Gasteiger partial charge in [0.2, 0.25) is 5.75 Å². The van der Waals surface area contributed by atoms with E-state index in [-0.39, 0.29) is 12.0 Å². The SMILES string of the molecule is COC(=O)C1=C(C)N(C)C(=NCc2cc(OC)c(OC)c(OC)c2)NC1c1ccccc1. The lowest BCUT2D eigenvalue weighted by Gasteiger charge is -2.35. The number of guanidine groups is 1. The van der Waals surface area contributed by atoms with Crippen molar-refractivity contribution in [1.82, 2.24) is 10.2 Å². The van der Waals surface area contributed by atoms with E-state index in [0.29, 0.717) is 35.3 Å². The van der Waals surface area contributed by atoms with Crippen molar-refractivity contribution in [3.8, 4) is 17.2 Å². The number of methoxy groups -OCH3 is 4. The summed E-state index contributed by atoms with van der Waals surface area (Å²) >= 11 is 0. The van der Waals surface area contributed by atoms with Crippen LogP contribution in [0.25, 0.3) is 0 Å². The standard InChI is InChI=1S/C24H29N3O5/c1-15-20(23(28)32-6)21(17-10-8-7-9-11-17)26-24(27(15)2)25-14-16-12-18(29-3)22(31-5)19(13-16)30-4/h7-13,21H,14H2,1-6H3,(H,25,26). The first kappa shape index (κ1) is 23.0. The third kappa shape index (κ3) is 4.49. The summed E-state index contributed by atoms with van der Waals surface area (Å²) in [6, 6.07) is 13.1. The summed E-state index contributed by atoms with van der Waals surface area (Å²) in [6.45, 7) is 2.25. The highest BCUT2D eigenvalue weighted by molar-refractivity contribution is 5.96. The Morgan fingerprint density at radius 3 is 2.19 bits per heavy atom. The first-order valence-corrected chi connectivity index (χ1v) is 10.1. The highest BCUT2D eigenvalue weighted by Gasteiger charge is 2.33. The molecular formula is C24H29N3O5. The third-order valence-electron chi connectivity index (χ3n) is 5.45. The van der Waals surface area contributed by atoms with Crippen LogP contribution in [0.15, 0.2) is 58.7 Å². The van der Waals surface area contributed by atoms with Gasteiger partial charge in [-0.2, -0.15) is 0 Å². The van der Waals surface area contributed by atoms with Crippen LogP contribution in [0.4, 0.5) is 0 Å². The monoisotopic (exact) mass is 439 g/mol. The molecule has 1 unspecified atom stereocenters. The number of hydrogen-bond acceptors (Lipinski definition) is 6. The van der Waals surface area contributed by atoms with Crippen molar-refractivity contribution >= 4 is 11.9 Å². The maximum atomic E-state index is 12.6. The van der Waals surface area contributed by atoms with Gasteiger partial charge in [0.05, 0.1) is 46.6 Å². The molecule has 0 aromatic heterocycles. The van der Waals surface area contributed by atoms with Crippen molar-refractivity contribution < 1.29 is 23.7 Å². The van der Waals surface area contributed by atoms with Gasteiger partial charge in [-0.1, -0.05) is 30.3 Å². The molecule has 0 saturated heterocycles. The zero-order valence-electron chi connectivity index (χ0n) is 19.3. The maximum absolute atomic E-state index is 12.6. The molecule has 1 N–H and O–H groups in total. The number of allylic oxidation sites excluding steroid dienone is 1. The van der Waals surface area contributed by atoms with Crippen LogP contribution in [0.3, 0.4) is 0 Å². The second kappa shape index (κ2) is 10.1. The van der Waals surface area contributed by atoms with Crippen LogP contribution in [0.1, 0.15) is 24.1 Å². The summed E-state index contributed by atoms with van der Waals surface area (Å²) < 4.78 is 21.3. The van der Waals surface area contributed by atoms with Gasteiger partial charge >= 0.3 is 5.97 Å². The van der Waals surface area contributed by atoms with Gasteiger partial charge in [-0.3, -0.25) is 0 Å². The minimum atomic E-state index is -0.376. The molecule has 0 spiro atoms. The van der Waals surface area contributed by atoms with Gasteiger partial charge in [-0.05, 0) is 30.2 Å². The molecule has 1 heterocycles. The summed E-state index contributed by atoms with van der Waals surface area (Å²) in [5.41, 5.74) is 3.15. The lowest BCUT2D eigenvalue weighted by Crippen LogP contribution is -2.47. The summed E-state index contributed by atoms with van der Waals surface area (Å²) in [6.07, 6.45) is 0. The van der Waals surface area contributed by atoms with Gasteiger partial charge in [-0.25, -0.2) is 9.79 Å². The van der Waals surface area contributed by atoms with Crippen molar-refractivity contribution in [2.24, 2.45) is 4.99 Å². The van der Waals surface area contributed by atoms with E-state index in [1.807, 2.05) is 61.3 Å². The van der Waals surface area contributed by atoms with Gasteiger partial charge in [-0.15, -0.1) is 0 Å². The van der Waals surface area contributed by atoms with Crippen LogP contribution >= 0.6 is 0 Å². The summed E-state index contributed by atoms with van der Waals surface area (Å²) in [5.74, 6) is 1.93. The molecule has 0 aliphatic carbocycles. The molecule has 0 fully saturated rings. The van der Waals surface area contributed by atoms with Crippen molar-refractivity contribution in [2.75, 3.05) is 35.5 Å². The van der Waals surface area contributed by atoms with Crippen LogP contribution in [0.2, 0.25) is 0 Å². The molecule has 8 heteroatoms. The molecule has 170 valence electrons. The lowest BCUT2D eigenvalue weighted by atomic mass is 9.95. The minimum Gasteiger partial charge on any atom is -0.493 e. The molecule has 0 bridgehead atoms. The van der Waals surface area contributed by atoms with Gasteiger partial charge < -0.3 is 29.2 Å². The predicted molar refractivity (Wildman–Crippen MR) is 122 cm³/mol. The second-order valence-electron chi connectivity index (χ2n) is 7.21. The van der Waals surface area contributed by atoms with Crippen LogP contribution < -0.4 is 19.5 Å². The Kier molecular flexibility index (Phi) is 7.25. The number of ether oxygens (including phenoxy) is 4. The van der Waals surface area contributed by atoms with Gasteiger partial charge in [0.25, 0.3) is 0 Å². The molecule has 1 aliphatic rings. The van der Waals surface area contributed by atoms with E-state index in [2.05, 4.69) is 5.32 Å². The number of nitrogens with zero attached hydrogens (tertiary/aromatic N) is 2. The smallest absolute Gasteiger partial charge is 0.337 e. The molecule has 0 radical (unpaired) electrons. The average molecular weight is 440 g/mol. The number of benzene rings is 2. The molecule has 1 aliphatic heterocycles. The minimum absolute atomic E-state index is 0.367. The van der Waals surface area contributed by atoms with Crippen LogP contribution in [0, 0.1) is 0 Å². The normalized spacial score (nSPS) is 17.1. The molecule has 1 atom stereocenters. The van der Waals surface area contributed by atoms with Gasteiger partial charge in [0.15, 0.2) is 17.5 Å². The number of nitrogens with one attached hydrogen (secondary N) is 1. The van der Waals surface area contributed by atoms with E-state index < -0.39 is 0 Å². The highest BCUT2D eigenvalue weighted by atomic mass is 16.5. The van der Waals surface area contributed by atoms with Crippen LogP contribution in [-0.2, 0) is 16.1 Å². The summed E-state index contributed by atoms with van der Waals surface area (Å²) in [7, 11) is 7.98. The predicted octanol–water partition coefficient (Wildman–Crippen LogP) is 3.29. The summed E-state index contributed by atoms with van der Waals surface area (Å²) in [5, 5.41) is 3.40. The van der Waals surface area contributed by atoms with E-state index in [0.717, 1.165) is 16.8 Å². The van der Waals surface area contributed by atoms with E-state index in [9.17, 15) is 4.79 Å². The average Bonchev–Trinajstić information content (AvgIpc) is 2.83. The Balaban J connectivity index is 1.98. The number of aliphatic imine (C=N–C) groups is 1. The fourth-order valence-electron chi connectivity index (χ4n) is 3.66. The van der Waals surface area contributed by atoms with Crippen molar-refractivity contribution in [1.29, 1.82) is 0 Å². The number of carbonyl (C=O) groups excluding carboxylic acids is 1. The Labute approximate surface area is 188 Å². The number of rotatable bonds is 7. The number of hydrogen-bond donors (Lipinski definition) is 1. The molecule has 0 amide bonds. The molecule has 2 aromatic carbocycles.